The van der Waals surface area contributed by atoms with Crippen molar-refractivity contribution in [1.82, 2.24) is 24.3 Å². The van der Waals surface area contributed by atoms with E-state index >= 15 is 0 Å². The molecule has 0 radical (unpaired) electrons. The number of aromatic nitrogens is 3. The average molecular weight is 455 g/mol. The number of halogens is 1. The van der Waals surface area contributed by atoms with Crippen LogP contribution < -0.4 is 11.4 Å². The molecule has 0 aliphatic carbocycles. The number of anilines is 1. The summed E-state index contributed by atoms with van der Waals surface area (Å²) in [5.41, 5.74) is 7.74. The van der Waals surface area contributed by atoms with Crippen LogP contribution in [0.4, 0.5) is 10.2 Å². The molecule has 0 unspecified atom stereocenters. The lowest BCUT2D eigenvalue weighted by atomic mass is 9.94. The van der Waals surface area contributed by atoms with Crippen molar-refractivity contribution in [2.75, 3.05) is 31.9 Å². The summed E-state index contributed by atoms with van der Waals surface area (Å²) in [6.07, 6.45) is 4.19. The third-order valence-corrected chi connectivity index (χ3v) is 6.32. The van der Waals surface area contributed by atoms with Gasteiger partial charge in [0.2, 0.25) is 5.91 Å². The van der Waals surface area contributed by atoms with E-state index in [-0.39, 0.29) is 17.5 Å². The Morgan fingerprint density at radius 1 is 1.24 bits per heavy atom. The highest BCUT2D eigenvalue weighted by atomic mass is 19.1. The molecule has 1 aromatic carbocycles. The van der Waals surface area contributed by atoms with E-state index in [0.717, 1.165) is 44.5 Å². The van der Waals surface area contributed by atoms with Crippen molar-refractivity contribution in [3.63, 3.8) is 0 Å². The number of fused-ring (bicyclic) bond motifs is 1. The maximum absolute atomic E-state index is 13.5. The van der Waals surface area contributed by atoms with Gasteiger partial charge in [0, 0.05) is 38.3 Å². The minimum absolute atomic E-state index is 0.0101. The second-order valence-corrected chi connectivity index (χ2v) is 8.71. The average Bonchev–Trinajstić information content (AvgIpc) is 3.10. The molecule has 0 saturated carbocycles. The van der Waals surface area contributed by atoms with Crippen LogP contribution in [0.25, 0.3) is 11.0 Å². The largest absolute Gasteiger partial charge is 0.384 e. The maximum atomic E-state index is 13.5. The summed E-state index contributed by atoms with van der Waals surface area (Å²) in [5, 5.41) is 0. The number of pyridine rings is 1. The van der Waals surface area contributed by atoms with E-state index in [1.165, 1.54) is 12.1 Å². The van der Waals surface area contributed by atoms with Crippen molar-refractivity contribution in [3.05, 3.63) is 58.4 Å². The van der Waals surface area contributed by atoms with Crippen LogP contribution in [0, 0.1) is 11.7 Å². The van der Waals surface area contributed by atoms with E-state index in [9.17, 15) is 14.0 Å². The second-order valence-electron chi connectivity index (χ2n) is 8.71. The smallest absolute Gasteiger partial charge is 0.326 e. The lowest BCUT2D eigenvalue weighted by Crippen LogP contribution is -2.44. The topological polar surface area (TPSA) is 100 Å². The number of likely N-dealkylation sites (tertiary alicyclic amines) is 1. The first-order valence-corrected chi connectivity index (χ1v) is 11.5. The van der Waals surface area contributed by atoms with Gasteiger partial charge in [0.1, 0.15) is 11.6 Å². The summed E-state index contributed by atoms with van der Waals surface area (Å²) < 4.78 is 15.1. The summed E-state index contributed by atoms with van der Waals surface area (Å²) in [6.45, 7) is 6.03. The molecule has 1 amide bonds. The Balaban J connectivity index is 1.36. The van der Waals surface area contributed by atoms with Gasteiger partial charge in [-0.05, 0) is 68.2 Å². The van der Waals surface area contributed by atoms with E-state index < -0.39 is 5.82 Å². The number of amides is 1. The van der Waals surface area contributed by atoms with Gasteiger partial charge in [-0.25, -0.2) is 14.2 Å². The van der Waals surface area contributed by atoms with Crippen molar-refractivity contribution in [2.24, 2.45) is 5.92 Å². The summed E-state index contributed by atoms with van der Waals surface area (Å²) in [5.74, 6) is 0.275. The second kappa shape index (κ2) is 10.2. The lowest BCUT2D eigenvalue weighted by molar-refractivity contribution is -0.137. The minimum atomic E-state index is -0.391. The fourth-order valence-corrected chi connectivity index (χ4v) is 4.63. The summed E-state index contributed by atoms with van der Waals surface area (Å²) in [4.78, 5) is 36.6. The fraction of sp³-hybridized carbons (Fsp3) is 0.458. The normalized spacial score (nSPS) is 15.2. The van der Waals surface area contributed by atoms with Gasteiger partial charge < -0.3 is 15.6 Å². The predicted octanol–water partition coefficient (Wildman–Crippen LogP) is 2.60. The third kappa shape index (κ3) is 5.42. The van der Waals surface area contributed by atoms with Crippen LogP contribution in [0.5, 0.6) is 0 Å². The number of benzene rings is 1. The van der Waals surface area contributed by atoms with Crippen molar-refractivity contribution >= 4 is 22.8 Å². The highest BCUT2D eigenvalue weighted by molar-refractivity contribution is 5.79. The standard InChI is InChI=1S/C24H31FN6O2/c1-2-9-30(12-13-31-21-4-3-19(25)15-20(21)28-24(31)33)23(32)18-6-10-29(11-7-18)16-17-5-8-27-22(26)14-17/h3-5,8,14-15,18H,2,6-7,9-13,16H2,1H3,(H2,26,27)(H,28,33). The van der Waals surface area contributed by atoms with Gasteiger partial charge in [0.15, 0.2) is 0 Å². The molecule has 1 saturated heterocycles. The van der Waals surface area contributed by atoms with Gasteiger partial charge in [-0.15, -0.1) is 0 Å². The van der Waals surface area contributed by atoms with Gasteiger partial charge in [-0.2, -0.15) is 0 Å². The zero-order chi connectivity index (χ0) is 23.4. The molecular formula is C24H31FN6O2. The molecule has 176 valence electrons. The van der Waals surface area contributed by atoms with Crippen LogP contribution in [-0.4, -0.2) is 56.4 Å². The molecule has 3 aromatic rings. The first-order valence-electron chi connectivity index (χ1n) is 11.5. The van der Waals surface area contributed by atoms with Gasteiger partial charge in [-0.1, -0.05) is 6.92 Å². The number of piperidine rings is 1. The van der Waals surface area contributed by atoms with E-state index in [1.54, 1.807) is 16.8 Å². The highest BCUT2D eigenvalue weighted by Gasteiger charge is 2.28. The molecule has 4 rings (SSSR count). The molecule has 1 fully saturated rings. The molecule has 1 aliphatic rings. The summed E-state index contributed by atoms with van der Waals surface area (Å²) in [7, 11) is 0. The number of carbonyl (C=O) groups is 1. The number of hydrogen-bond acceptors (Lipinski definition) is 5. The number of carbonyl (C=O) groups excluding carboxylic acids is 1. The molecule has 2 aromatic heterocycles. The molecule has 0 spiro atoms. The molecule has 1 aliphatic heterocycles. The number of imidazole rings is 1. The number of hydrogen-bond donors (Lipinski definition) is 2. The van der Waals surface area contributed by atoms with Gasteiger partial charge >= 0.3 is 5.69 Å². The van der Waals surface area contributed by atoms with Crippen LogP contribution in [-0.2, 0) is 17.9 Å². The third-order valence-electron chi connectivity index (χ3n) is 6.32. The predicted molar refractivity (Wildman–Crippen MR) is 126 cm³/mol. The number of rotatable bonds is 8. The van der Waals surface area contributed by atoms with E-state index in [2.05, 4.69) is 14.9 Å². The van der Waals surface area contributed by atoms with Gasteiger partial charge in [0.05, 0.1) is 11.0 Å². The SMILES string of the molecule is CCCN(CCn1c(=O)[nH]c2cc(F)ccc21)C(=O)C1CCN(Cc2ccnc(N)c2)CC1. The fourth-order valence-electron chi connectivity index (χ4n) is 4.63. The monoisotopic (exact) mass is 454 g/mol. The first kappa shape index (κ1) is 23.0. The minimum Gasteiger partial charge on any atom is -0.384 e. The van der Waals surface area contributed by atoms with Crippen molar-refractivity contribution in [3.8, 4) is 0 Å². The number of nitrogens with zero attached hydrogens (tertiary/aromatic N) is 4. The molecule has 3 heterocycles. The number of nitrogens with one attached hydrogen (secondary N) is 1. The Labute approximate surface area is 192 Å². The Morgan fingerprint density at radius 2 is 2.03 bits per heavy atom. The number of nitrogen functional groups attached to an aromatic ring is 1. The molecular weight excluding hydrogens is 423 g/mol. The Kier molecular flexibility index (Phi) is 7.08. The highest BCUT2D eigenvalue weighted by Crippen LogP contribution is 2.22. The molecule has 9 heteroatoms. The molecule has 3 N–H and O–H groups in total. The number of aromatic amines is 1. The quantitative estimate of drug-likeness (QED) is 0.545. The van der Waals surface area contributed by atoms with Crippen LogP contribution in [0.3, 0.4) is 0 Å². The molecule has 33 heavy (non-hydrogen) atoms. The van der Waals surface area contributed by atoms with Crippen LogP contribution in [0.15, 0.2) is 41.3 Å². The molecule has 0 atom stereocenters. The zero-order valence-electron chi connectivity index (χ0n) is 19.0. The van der Waals surface area contributed by atoms with E-state index in [0.29, 0.717) is 36.5 Å². The summed E-state index contributed by atoms with van der Waals surface area (Å²) in [6, 6.07) is 8.12. The van der Waals surface area contributed by atoms with Gasteiger partial charge in [-0.3, -0.25) is 14.3 Å². The number of H-pyrrole nitrogens is 1. The van der Waals surface area contributed by atoms with Crippen LogP contribution >= 0.6 is 0 Å². The summed E-state index contributed by atoms with van der Waals surface area (Å²) >= 11 is 0. The first-order chi connectivity index (χ1) is 15.9. The van der Waals surface area contributed by atoms with Crippen molar-refractivity contribution < 1.29 is 9.18 Å². The van der Waals surface area contributed by atoms with Crippen molar-refractivity contribution in [1.29, 1.82) is 0 Å². The number of nitrogens with two attached hydrogens (primary N) is 1. The van der Waals surface area contributed by atoms with Crippen LogP contribution in [0.1, 0.15) is 31.7 Å². The Morgan fingerprint density at radius 3 is 2.76 bits per heavy atom. The maximum Gasteiger partial charge on any atom is 0.326 e. The van der Waals surface area contributed by atoms with Crippen LogP contribution in [0.2, 0.25) is 0 Å². The lowest BCUT2D eigenvalue weighted by Gasteiger charge is -2.34. The van der Waals surface area contributed by atoms with E-state index in [4.69, 9.17) is 5.73 Å². The van der Waals surface area contributed by atoms with Gasteiger partial charge in [0.25, 0.3) is 0 Å². The Bertz CT molecular complexity index is 1170. The Hall–Kier alpha value is -3.20. The molecule has 8 nitrogen and oxygen atoms in total. The van der Waals surface area contributed by atoms with E-state index in [1.807, 2.05) is 24.0 Å². The zero-order valence-corrected chi connectivity index (χ0v) is 19.0. The van der Waals surface area contributed by atoms with Crippen molar-refractivity contribution in [2.45, 2.75) is 39.3 Å². The molecule has 0 bridgehead atoms.